The Morgan fingerprint density at radius 1 is 1.06 bits per heavy atom. The van der Waals surface area contributed by atoms with Gasteiger partial charge in [0.05, 0.1) is 26.4 Å². The largest absolute Gasteiger partial charge is 0.379 e. The van der Waals surface area contributed by atoms with Gasteiger partial charge >= 0.3 is 0 Å². The van der Waals surface area contributed by atoms with Gasteiger partial charge in [-0.2, -0.15) is 0 Å². The average molecular weight is 260 g/mol. The summed E-state index contributed by atoms with van der Waals surface area (Å²) >= 11 is 0. The molecule has 0 aromatic heterocycles. The molecule has 5 heteroatoms. The predicted octanol–water partition coefficient (Wildman–Crippen LogP) is 0.934. The molecule has 0 rings (SSSR count). The molecule has 0 bridgehead atoms. The Morgan fingerprint density at radius 3 is 2.33 bits per heavy atom. The molecule has 0 fully saturated rings. The fourth-order valence-corrected chi connectivity index (χ4v) is 1.26. The second-order valence-electron chi connectivity index (χ2n) is 4.43. The summed E-state index contributed by atoms with van der Waals surface area (Å²) in [5.41, 5.74) is 0. The van der Waals surface area contributed by atoms with Crippen molar-refractivity contribution in [2.24, 2.45) is 0 Å². The van der Waals surface area contributed by atoms with Gasteiger partial charge in [-0.05, 0) is 6.42 Å². The summed E-state index contributed by atoms with van der Waals surface area (Å²) in [6, 6.07) is 0.492. The quantitative estimate of drug-likeness (QED) is 0.513. The van der Waals surface area contributed by atoms with Crippen LogP contribution in [0.3, 0.4) is 0 Å². The minimum Gasteiger partial charge on any atom is -0.379 e. The summed E-state index contributed by atoms with van der Waals surface area (Å²) in [6.45, 7) is 10.1. The first-order valence-electron chi connectivity index (χ1n) is 6.82. The SMILES string of the molecule is CCCNC(=O)CCOCCOCCNC(C)C. The molecule has 0 aromatic carbocycles. The third-order valence-electron chi connectivity index (χ3n) is 2.22. The fraction of sp³-hybridized carbons (Fsp3) is 0.923. The Balaban J connectivity index is 3.09. The first kappa shape index (κ1) is 17.4. The molecule has 0 spiro atoms. The zero-order valence-electron chi connectivity index (χ0n) is 12.0. The number of rotatable bonds is 12. The molecule has 0 heterocycles. The van der Waals surface area contributed by atoms with Crippen molar-refractivity contribution in [3.05, 3.63) is 0 Å². The third-order valence-corrected chi connectivity index (χ3v) is 2.22. The van der Waals surface area contributed by atoms with Crippen molar-refractivity contribution in [3.63, 3.8) is 0 Å². The number of carbonyl (C=O) groups is 1. The summed E-state index contributed by atoms with van der Waals surface area (Å²) in [6.07, 6.45) is 1.39. The zero-order valence-corrected chi connectivity index (χ0v) is 12.0. The fourth-order valence-electron chi connectivity index (χ4n) is 1.26. The molecule has 0 aromatic rings. The monoisotopic (exact) mass is 260 g/mol. The molecule has 5 nitrogen and oxygen atoms in total. The number of hydrogen-bond acceptors (Lipinski definition) is 4. The number of hydrogen-bond donors (Lipinski definition) is 2. The molecule has 2 N–H and O–H groups in total. The van der Waals surface area contributed by atoms with E-state index in [0.717, 1.165) is 19.5 Å². The highest BCUT2D eigenvalue weighted by molar-refractivity contribution is 5.75. The lowest BCUT2D eigenvalue weighted by molar-refractivity contribution is -0.122. The van der Waals surface area contributed by atoms with E-state index in [9.17, 15) is 4.79 Å². The molecular formula is C13H28N2O3. The highest BCUT2D eigenvalue weighted by Gasteiger charge is 1.99. The van der Waals surface area contributed by atoms with Crippen LogP contribution in [0.15, 0.2) is 0 Å². The number of carbonyl (C=O) groups excluding carboxylic acids is 1. The second kappa shape index (κ2) is 12.8. The normalized spacial score (nSPS) is 10.9. The predicted molar refractivity (Wildman–Crippen MR) is 72.7 cm³/mol. The van der Waals surface area contributed by atoms with Crippen LogP contribution in [0.25, 0.3) is 0 Å². The van der Waals surface area contributed by atoms with Crippen LogP contribution in [-0.2, 0) is 14.3 Å². The van der Waals surface area contributed by atoms with Gasteiger partial charge in [0.15, 0.2) is 0 Å². The minimum atomic E-state index is 0.0545. The maximum Gasteiger partial charge on any atom is 0.222 e. The molecule has 0 unspecified atom stereocenters. The van der Waals surface area contributed by atoms with E-state index in [1.807, 2.05) is 6.92 Å². The van der Waals surface area contributed by atoms with E-state index in [-0.39, 0.29) is 5.91 Å². The van der Waals surface area contributed by atoms with E-state index in [4.69, 9.17) is 9.47 Å². The molecule has 0 atom stereocenters. The molecule has 0 aliphatic rings. The second-order valence-corrected chi connectivity index (χ2v) is 4.43. The first-order valence-corrected chi connectivity index (χ1v) is 6.82. The standard InChI is InChI=1S/C13H28N2O3/c1-4-6-15-13(16)5-8-17-10-11-18-9-7-14-12(2)3/h12,14H,4-11H2,1-3H3,(H,15,16). The van der Waals surface area contributed by atoms with Crippen LogP contribution < -0.4 is 10.6 Å². The Labute approximate surface area is 111 Å². The molecular weight excluding hydrogens is 232 g/mol. The van der Waals surface area contributed by atoms with E-state index in [1.54, 1.807) is 0 Å². The molecule has 0 aliphatic carbocycles. The van der Waals surface area contributed by atoms with Crippen molar-refractivity contribution in [2.75, 3.05) is 39.5 Å². The average Bonchev–Trinajstić information content (AvgIpc) is 2.34. The van der Waals surface area contributed by atoms with Gasteiger partial charge in [-0.25, -0.2) is 0 Å². The molecule has 0 aliphatic heterocycles. The van der Waals surface area contributed by atoms with Crippen molar-refractivity contribution in [3.8, 4) is 0 Å². The molecule has 0 saturated heterocycles. The van der Waals surface area contributed by atoms with Gasteiger partial charge in [0.1, 0.15) is 0 Å². The van der Waals surface area contributed by atoms with Gasteiger partial charge in [0.25, 0.3) is 0 Å². The van der Waals surface area contributed by atoms with Crippen LogP contribution in [0.5, 0.6) is 0 Å². The lowest BCUT2D eigenvalue weighted by Crippen LogP contribution is -2.27. The lowest BCUT2D eigenvalue weighted by Gasteiger charge is -2.09. The van der Waals surface area contributed by atoms with Gasteiger partial charge in [0, 0.05) is 25.6 Å². The Morgan fingerprint density at radius 2 is 1.72 bits per heavy atom. The summed E-state index contributed by atoms with van der Waals surface area (Å²) in [5, 5.41) is 6.07. The van der Waals surface area contributed by atoms with Crippen LogP contribution in [0.4, 0.5) is 0 Å². The van der Waals surface area contributed by atoms with Crippen molar-refractivity contribution in [2.45, 2.75) is 39.7 Å². The molecule has 108 valence electrons. The van der Waals surface area contributed by atoms with Crippen LogP contribution in [-0.4, -0.2) is 51.5 Å². The summed E-state index contributed by atoms with van der Waals surface area (Å²) < 4.78 is 10.7. The van der Waals surface area contributed by atoms with Gasteiger partial charge in [-0.1, -0.05) is 20.8 Å². The summed E-state index contributed by atoms with van der Waals surface area (Å²) in [4.78, 5) is 11.2. The topological polar surface area (TPSA) is 59.6 Å². The van der Waals surface area contributed by atoms with Gasteiger partial charge in [-0.15, -0.1) is 0 Å². The first-order chi connectivity index (χ1) is 8.66. The summed E-state index contributed by atoms with van der Waals surface area (Å²) in [5.74, 6) is 0.0545. The third kappa shape index (κ3) is 13.4. The minimum absolute atomic E-state index is 0.0545. The summed E-state index contributed by atoms with van der Waals surface area (Å²) in [7, 11) is 0. The Hall–Kier alpha value is -0.650. The van der Waals surface area contributed by atoms with Crippen LogP contribution in [0.2, 0.25) is 0 Å². The smallest absolute Gasteiger partial charge is 0.222 e. The van der Waals surface area contributed by atoms with E-state index < -0.39 is 0 Å². The Kier molecular flexibility index (Phi) is 12.3. The van der Waals surface area contributed by atoms with E-state index in [1.165, 1.54) is 0 Å². The molecule has 0 radical (unpaired) electrons. The van der Waals surface area contributed by atoms with Crippen molar-refractivity contribution >= 4 is 5.91 Å². The molecule has 0 saturated carbocycles. The van der Waals surface area contributed by atoms with Crippen LogP contribution in [0, 0.1) is 0 Å². The number of ether oxygens (including phenoxy) is 2. The van der Waals surface area contributed by atoms with Gasteiger partial charge < -0.3 is 20.1 Å². The van der Waals surface area contributed by atoms with Crippen LogP contribution >= 0.6 is 0 Å². The van der Waals surface area contributed by atoms with Crippen molar-refractivity contribution in [1.29, 1.82) is 0 Å². The Bertz CT molecular complexity index is 199. The van der Waals surface area contributed by atoms with Gasteiger partial charge in [-0.3, -0.25) is 4.79 Å². The van der Waals surface area contributed by atoms with Gasteiger partial charge in [0.2, 0.25) is 5.91 Å². The number of nitrogens with one attached hydrogen (secondary N) is 2. The highest BCUT2D eigenvalue weighted by Crippen LogP contribution is 1.85. The molecule has 1 amide bonds. The zero-order chi connectivity index (χ0) is 13.6. The van der Waals surface area contributed by atoms with E-state index >= 15 is 0 Å². The lowest BCUT2D eigenvalue weighted by atomic mass is 10.4. The van der Waals surface area contributed by atoms with Crippen molar-refractivity contribution in [1.82, 2.24) is 10.6 Å². The maximum absolute atomic E-state index is 11.2. The molecule has 18 heavy (non-hydrogen) atoms. The number of amides is 1. The maximum atomic E-state index is 11.2. The van der Waals surface area contributed by atoms with E-state index in [0.29, 0.717) is 38.9 Å². The van der Waals surface area contributed by atoms with E-state index in [2.05, 4.69) is 24.5 Å². The highest BCUT2D eigenvalue weighted by atomic mass is 16.5. The van der Waals surface area contributed by atoms with Crippen molar-refractivity contribution < 1.29 is 14.3 Å². The van der Waals surface area contributed by atoms with Crippen LogP contribution in [0.1, 0.15) is 33.6 Å².